The van der Waals surface area contributed by atoms with E-state index >= 15 is 0 Å². The van der Waals surface area contributed by atoms with Gasteiger partial charge in [-0.1, -0.05) is 12.1 Å². The van der Waals surface area contributed by atoms with Crippen molar-refractivity contribution < 1.29 is 14.3 Å². The molecule has 1 aliphatic heterocycles. The predicted octanol–water partition coefficient (Wildman–Crippen LogP) is 1.82. The lowest BCUT2D eigenvalue weighted by molar-refractivity contribution is -0.142. The Hall–Kier alpha value is -1.42. The SMILES string of the molecule is O=C(O)C1CCNC(Cc2ccc(F)cc2)C1. The minimum atomic E-state index is -0.712. The first kappa shape index (κ1) is 12.0. The molecule has 0 aromatic heterocycles. The van der Waals surface area contributed by atoms with Gasteiger partial charge in [0.25, 0.3) is 0 Å². The summed E-state index contributed by atoms with van der Waals surface area (Å²) in [4.78, 5) is 10.9. The Kier molecular flexibility index (Phi) is 3.74. The number of benzene rings is 1. The first-order chi connectivity index (χ1) is 8.15. The number of rotatable bonds is 3. The quantitative estimate of drug-likeness (QED) is 0.843. The van der Waals surface area contributed by atoms with E-state index in [9.17, 15) is 9.18 Å². The van der Waals surface area contributed by atoms with Crippen molar-refractivity contribution in [3.8, 4) is 0 Å². The lowest BCUT2D eigenvalue weighted by atomic mass is 9.89. The molecule has 1 saturated heterocycles. The molecule has 0 saturated carbocycles. The number of hydrogen-bond acceptors (Lipinski definition) is 2. The number of carbonyl (C=O) groups is 1. The van der Waals surface area contributed by atoms with E-state index in [0.717, 1.165) is 18.5 Å². The maximum absolute atomic E-state index is 12.7. The van der Waals surface area contributed by atoms with Crippen LogP contribution in [0.25, 0.3) is 0 Å². The van der Waals surface area contributed by atoms with Gasteiger partial charge in [-0.05, 0) is 43.5 Å². The molecule has 0 bridgehead atoms. The topological polar surface area (TPSA) is 49.3 Å². The van der Waals surface area contributed by atoms with Crippen molar-refractivity contribution in [1.82, 2.24) is 5.32 Å². The molecule has 1 aromatic rings. The number of aliphatic carboxylic acids is 1. The highest BCUT2D eigenvalue weighted by Gasteiger charge is 2.26. The van der Waals surface area contributed by atoms with Crippen LogP contribution in [-0.4, -0.2) is 23.7 Å². The van der Waals surface area contributed by atoms with Crippen molar-refractivity contribution in [2.45, 2.75) is 25.3 Å². The molecule has 1 aliphatic rings. The van der Waals surface area contributed by atoms with Crippen LogP contribution < -0.4 is 5.32 Å². The first-order valence-electron chi connectivity index (χ1n) is 5.86. The second-order valence-electron chi connectivity index (χ2n) is 4.54. The van der Waals surface area contributed by atoms with Gasteiger partial charge in [-0.2, -0.15) is 0 Å². The fourth-order valence-corrected chi connectivity index (χ4v) is 2.29. The van der Waals surface area contributed by atoms with Crippen LogP contribution in [0.5, 0.6) is 0 Å². The highest BCUT2D eigenvalue weighted by atomic mass is 19.1. The molecule has 4 heteroatoms. The molecule has 2 atom stereocenters. The minimum Gasteiger partial charge on any atom is -0.481 e. The van der Waals surface area contributed by atoms with E-state index in [1.807, 2.05) is 0 Å². The number of hydrogen-bond donors (Lipinski definition) is 2. The molecule has 17 heavy (non-hydrogen) atoms. The van der Waals surface area contributed by atoms with Crippen molar-refractivity contribution in [2.24, 2.45) is 5.92 Å². The standard InChI is InChI=1S/C13H16FNO2/c14-11-3-1-9(2-4-11)7-12-8-10(13(16)17)5-6-15-12/h1-4,10,12,15H,5-8H2,(H,16,17). The molecular weight excluding hydrogens is 221 g/mol. The van der Waals surface area contributed by atoms with Gasteiger partial charge in [-0.15, -0.1) is 0 Å². The zero-order chi connectivity index (χ0) is 12.3. The van der Waals surface area contributed by atoms with Gasteiger partial charge in [0, 0.05) is 6.04 Å². The van der Waals surface area contributed by atoms with Gasteiger partial charge >= 0.3 is 5.97 Å². The average molecular weight is 237 g/mol. The van der Waals surface area contributed by atoms with E-state index in [0.29, 0.717) is 12.8 Å². The number of carboxylic acid groups (broad SMARTS) is 1. The second-order valence-corrected chi connectivity index (χ2v) is 4.54. The predicted molar refractivity (Wildman–Crippen MR) is 62.3 cm³/mol. The third kappa shape index (κ3) is 3.27. The van der Waals surface area contributed by atoms with E-state index in [2.05, 4.69) is 5.32 Å². The molecule has 2 unspecified atom stereocenters. The maximum atomic E-state index is 12.7. The molecule has 1 aromatic carbocycles. The Morgan fingerprint density at radius 2 is 2.12 bits per heavy atom. The average Bonchev–Trinajstić information content (AvgIpc) is 2.32. The summed E-state index contributed by atoms with van der Waals surface area (Å²) < 4.78 is 12.7. The van der Waals surface area contributed by atoms with E-state index in [1.54, 1.807) is 12.1 Å². The van der Waals surface area contributed by atoms with Gasteiger partial charge in [0.1, 0.15) is 5.82 Å². The number of piperidine rings is 1. The Labute approximate surface area is 99.7 Å². The first-order valence-corrected chi connectivity index (χ1v) is 5.86. The molecule has 0 radical (unpaired) electrons. The Bertz CT molecular complexity index is 391. The molecule has 1 fully saturated rings. The highest BCUT2D eigenvalue weighted by molar-refractivity contribution is 5.70. The van der Waals surface area contributed by atoms with Crippen LogP contribution in [0.3, 0.4) is 0 Å². The summed E-state index contributed by atoms with van der Waals surface area (Å²) in [5.41, 5.74) is 1.04. The summed E-state index contributed by atoms with van der Waals surface area (Å²) in [6, 6.07) is 6.55. The summed E-state index contributed by atoms with van der Waals surface area (Å²) in [6.45, 7) is 0.739. The van der Waals surface area contributed by atoms with Crippen LogP contribution in [0.15, 0.2) is 24.3 Å². The smallest absolute Gasteiger partial charge is 0.306 e. The number of halogens is 1. The third-order valence-corrected chi connectivity index (χ3v) is 3.24. The van der Waals surface area contributed by atoms with Crippen LogP contribution in [-0.2, 0) is 11.2 Å². The van der Waals surface area contributed by atoms with Crippen LogP contribution in [0.1, 0.15) is 18.4 Å². The molecular formula is C13H16FNO2. The van der Waals surface area contributed by atoms with Gasteiger partial charge < -0.3 is 10.4 Å². The molecule has 3 nitrogen and oxygen atoms in total. The third-order valence-electron chi connectivity index (χ3n) is 3.24. The van der Waals surface area contributed by atoms with Gasteiger partial charge in [0.15, 0.2) is 0 Å². The highest BCUT2D eigenvalue weighted by Crippen LogP contribution is 2.19. The zero-order valence-corrected chi connectivity index (χ0v) is 9.53. The van der Waals surface area contributed by atoms with Gasteiger partial charge in [-0.3, -0.25) is 4.79 Å². The Balaban J connectivity index is 1.94. The minimum absolute atomic E-state index is 0.176. The van der Waals surface area contributed by atoms with Crippen LogP contribution in [0.2, 0.25) is 0 Å². The Morgan fingerprint density at radius 3 is 2.76 bits per heavy atom. The van der Waals surface area contributed by atoms with E-state index in [1.165, 1.54) is 12.1 Å². The van der Waals surface area contributed by atoms with Crippen LogP contribution >= 0.6 is 0 Å². The second kappa shape index (κ2) is 5.27. The molecule has 0 aliphatic carbocycles. The molecule has 92 valence electrons. The van der Waals surface area contributed by atoms with Crippen molar-refractivity contribution >= 4 is 5.97 Å². The van der Waals surface area contributed by atoms with Gasteiger partial charge in [0.05, 0.1) is 5.92 Å². The van der Waals surface area contributed by atoms with Crippen LogP contribution in [0, 0.1) is 11.7 Å². The van der Waals surface area contributed by atoms with E-state index in [4.69, 9.17) is 5.11 Å². The van der Waals surface area contributed by atoms with E-state index < -0.39 is 5.97 Å². The van der Waals surface area contributed by atoms with Crippen molar-refractivity contribution in [3.05, 3.63) is 35.6 Å². The summed E-state index contributed by atoms with van der Waals surface area (Å²) >= 11 is 0. The molecule has 2 N–H and O–H groups in total. The lowest BCUT2D eigenvalue weighted by Gasteiger charge is -2.28. The van der Waals surface area contributed by atoms with Crippen molar-refractivity contribution in [2.75, 3.05) is 6.54 Å². The molecule has 0 amide bonds. The van der Waals surface area contributed by atoms with Gasteiger partial charge in [-0.25, -0.2) is 4.39 Å². The number of carboxylic acids is 1. The van der Waals surface area contributed by atoms with Crippen molar-refractivity contribution in [1.29, 1.82) is 0 Å². The normalized spacial score (nSPS) is 24.5. The summed E-state index contributed by atoms with van der Waals surface area (Å²) in [5.74, 6) is -1.20. The van der Waals surface area contributed by atoms with E-state index in [-0.39, 0.29) is 17.8 Å². The molecule has 0 spiro atoms. The fourth-order valence-electron chi connectivity index (χ4n) is 2.29. The largest absolute Gasteiger partial charge is 0.481 e. The molecule has 1 heterocycles. The monoisotopic (exact) mass is 237 g/mol. The summed E-state index contributed by atoms with van der Waals surface area (Å²) in [5, 5.41) is 12.3. The number of nitrogens with one attached hydrogen (secondary N) is 1. The van der Waals surface area contributed by atoms with Gasteiger partial charge in [0.2, 0.25) is 0 Å². The van der Waals surface area contributed by atoms with Crippen LogP contribution in [0.4, 0.5) is 4.39 Å². The summed E-state index contributed by atoms with van der Waals surface area (Å²) in [7, 11) is 0. The van der Waals surface area contributed by atoms with Crippen molar-refractivity contribution in [3.63, 3.8) is 0 Å². The Morgan fingerprint density at radius 1 is 1.41 bits per heavy atom. The zero-order valence-electron chi connectivity index (χ0n) is 9.53. The maximum Gasteiger partial charge on any atom is 0.306 e. The fraction of sp³-hybridized carbons (Fsp3) is 0.462. The summed E-state index contributed by atoms with van der Waals surface area (Å²) in [6.07, 6.45) is 2.09. The molecule has 2 rings (SSSR count). The lowest BCUT2D eigenvalue weighted by Crippen LogP contribution is -2.41.